The summed E-state index contributed by atoms with van der Waals surface area (Å²) in [5, 5.41) is 0. The molecule has 1 saturated heterocycles. The first kappa shape index (κ1) is 19.6. The number of esters is 1. The van der Waals surface area contributed by atoms with E-state index in [1.165, 1.54) is 0 Å². The average molecular weight is 336 g/mol. The van der Waals surface area contributed by atoms with E-state index in [1.54, 1.807) is 6.92 Å². The fraction of sp³-hybridized carbons (Fsp3) is 0.933. The highest BCUT2D eigenvalue weighted by atomic mass is 31.2. The number of unbranched alkanes of at least 4 members (excludes halogenated alkanes) is 2. The second-order valence-corrected chi connectivity index (χ2v) is 7.76. The molecule has 7 heteroatoms. The molecule has 0 aromatic heterocycles. The van der Waals surface area contributed by atoms with Crippen LogP contribution in [0.5, 0.6) is 0 Å². The fourth-order valence-electron chi connectivity index (χ4n) is 1.73. The van der Waals surface area contributed by atoms with Crippen LogP contribution < -0.4 is 0 Å². The Balaban J connectivity index is 2.44. The highest BCUT2D eigenvalue weighted by Gasteiger charge is 2.32. The summed E-state index contributed by atoms with van der Waals surface area (Å²) in [5.74, 6) is -0.901. The molecule has 22 heavy (non-hydrogen) atoms. The van der Waals surface area contributed by atoms with Gasteiger partial charge in [-0.25, -0.2) is 0 Å². The maximum Gasteiger partial charge on any atom is 0.331 e. The van der Waals surface area contributed by atoms with Crippen molar-refractivity contribution in [1.82, 2.24) is 0 Å². The molecule has 1 rings (SSSR count). The van der Waals surface area contributed by atoms with Crippen LogP contribution >= 0.6 is 7.60 Å². The van der Waals surface area contributed by atoms with Gasteiger partial charge in [0.2, 0.25) is 0 Å². The van der Waals surface area contributed by atoms with Gasteiger partial charge in [-0.05, 0) is 12.8 Å². The van der Waals surface area contributed by atoms with Gasteiger partial charge in [-0.2, -0.15) is 0 Å². The zero-order valence-electron chi connectivity index (χ0n) is 13.9. The van der Waals surface area contributed by atoms with Gasteiger partial charge in [0.15, 0.2) is 0 Å². The second-order valence-electron chi connectivity index (χ2n) is 5.65. The number of hydrogen-bond acceptors (Lipinski definition) is 6. The molecule has 130 valence electrons. The molecule has 0 aliphatic carbocycles. The Bertz CT molecular complexity index is 355. The molecule has 0 aromatic rings. The van der Waals surface area contributed by atoms with Gasteiger partial charge in [0.1, 0.15) is 12.7 Å². The van der Waals surface area contributed by atoms with Crippen LogP contribution in [0.3, 0.4) is 0 Å². The largest absolute Gasteiger partial charge is 0.463 e. The van der Waals surface area contributed by atoms with E-state index >= 15 is 0 Å². The van der Waals surface area contributed by atoms with Crippen molar-refractivity contribution >= 4 is 13.6 Å². The van der Waals surface area contributed by atoms with Crippen molar-refractivity contribution in [2.75, 3.05) is 32.6 Å². The fourth-order valence-corrected chi connectivity index (χ4v) is 3.65. The molecule has 0 spiro atoms. The summed E-state index contributed by atoms with van der Waals surface area (Å²) < 4.78 is 33.8. The van der Waals surface area contributed by atoms with Crippen molar-refractivity contribution in [2.24, 2.45) is 5.92 Å². The minimum Gasteiger partial charge on any atom is -0.463 e. The summed E-state index contributed by atoms with van der Waals surface area (Å²) in [7, 11) is -3.25. The lowest BCUT2D eigenvalue weighted by atomic mass is 10.2. The monoisotopic (exact) mass is 336 g/mol. The minimum atomic E-state index is -3.25. The van der Waals surface area contributed by atoms with Crippen molar-refractivity contribution < 1.29 is 27.9 Å². The molecule has 1 heterocycles. The van der Waals surface area contributed by atoms with Gasteiger partial charge in [0.05, 0.1) is 31.9 Å². The Kier molecular flexibility index (Phi) is 9.25. The van der Waals surface area contributed by atoms with Crippen molar-refractivity contribution in [1.29, 1.82) is 0 Å². The van der Waals surface area contributed by atoms with Gasteiger partial charge in [0.25, 0.3) is 0 Å². The summed E-state index contributed by atoms with van der Waals surface area (Å²) in [6.45, 7) is 7.43. The van der Waals surface area contributed by atoms with E-state index < -0.39 is 13.5 Å². The number of hydrogen-bond donors (Lipinski definition) is 0. The Morgan fingerprint density at radius 2 is 1.77 bits per heavy atom. The van der Waals surface area contributed by atoms with Gasteiger partial charge in [-0.1, -0.05) is 33.6 Å². The van der Waals surface area contributed by atoms with Gasteiger partial charge in [0, 0.05) is 0 Å². The molecular formula is C15H29O6P. The van der Waals surface area contributed by atoms with Gasteiger partial charge >= 0.3 is 13.6 Å². The Hall–Kier alpha value is -0.420. The maximum absolute atomic E-state index is 12.8. The highest BCUT2D eigenvalue weighted by molar-refractivity contribution is 7.53. The van der Waals surface area contributed by atoms with Gasteiger partial charge in [-0.3, -0.25) is 9.36 Å². The Morgan fingerprint density at radius 3 is 2.23 bits per heavy atom. The van der Waals surface area contributed by atoms with Crippen LogP contribution in [0.25, 0.3) is 0 Å². The predicted octanol–water partition coefficient (Wildman–Crippen LogP) is 3.39. The highest BCUT2D eigenvalue weighted by Crippen LogP contribution is 2.50. The smallest absolute Gasteiger partial charge is 0.331 e. The third-order valence-electron chi connectivity index (χ3n) is 3.29. The summed E-state index contributed by atoms with van der Waals surface area (Å²) in [6.07, 6.45) is 3.63. The third kappa shape index (κ3) is 8.28. The number of carbonyl (C=O) groups is 1. The standard InChI is InChI=1S/C15H29O6P/c1-4-6-8-20-22(17,21-9-7-5-2)12-13(3)15(16)19-11-14-10-18-14/h13-14H,4-12H2,1-3H3. The molecule has 0 aromatic carbocycles. The van der Waals surface area contributed by atoms with Crippen molar-refractivity contribution in [2.45, 2.75) is 52.6 Å². The Morgan fingerprint density at radius 1 is 1.23 bits per heavy atom. The first-order valence-corrected chi connectivity index (χ1v) is 9.90. The number of carbonyl (C=O) groups excluding carboxylic acids is 1. The summed E-state index contributed by atoms with van der Waals surface area (Å²) >= 11 is 0. The molecule has 1 aliphatic rings. The SMILES string of the molecule is CCCCOP(=O)(CC(C)C(=O)OCC1CO1)OCCCC. The third-order valence-corrected chi connectivity index (χ3v) is 5.43. The summed E-state index contributed by atoms with van der Waals surface area (Å²) in [4.78, 5) is 11.9. The normalized spacial score (nSPS) is 19.0. The molecule has 0 amide bonds. The number of ether oxygens (including phenoxy) is 2. The van der Waals surface area contributed by atoms with Crippen molar-refractivity contribution in [3.63, 3.8) is 0 Å². The van der Waals surface area contributed by atoms with E-state index in [-0.39, 0.29) is 24.8 Å². The van der Waals surface area contributed by atoms with Crippen molar-refractivity contribution in [3.8, 4) is 0 Å². The number of rotatable bonds is 13. The molecule has 0 bridgehead atoms. The molecule has 1 aliphatic heterocycles. The molecule has 6 nitrogen and oxygen atoms in total. The van der Waals surface area contributed by atoms with E-state index in [2.05, 4.69) is 0 Å². The zero-order chi connectivity index (χ0) is 16.4. The first-order valence-electron chi connectivity index (χ1n) is 8.17. The quantitative estimate of drug-likeness (QED) is 0.222. The maximum atomic E-state index is 12.8. The molecule has 2 atom stereocenters. The van der Waals surface area contributed by atoms with Crippen LogP contribution in [0.4, 0.5) is 0 Å². The average Bonchev–Trinajstić information content (AvgIpc) is 3.29. The lowest BCUT2D eigenvalue weighted by Crippen LogP contribution is -2.21. The molecule has 2 unspecified atom stereocenters. The van der Waals surface area contributed by atoms with E-state index in [0.29, 0.717) is 19.8 Å². The predicted molar refractivity (Wildman–Crippen MR) is 84.1 cm³/mol. The molecular weight excluding hydrogens is 307 g/mol. The molecule has 1 fully saturated rings. The van der Waals surface area contributed by atoms with E-state index in [1.807, 2.05) is 13.8 Å². The van der Waals surface area contributed by atoms with Crippen LogP contribution in [-0.4, -0.2) is 44.7 Å². The lowest BCUT2D eigenvalue weighted by molar-refractivity contribution is -0.147. The molecule has 0 N–H and O–H groups in total. The van der Waals surface area contributed by atoms with Crippen LogP contribution in [-0.2, 0) is 27.9 Å². The van der Waals surface area contributed by atoms with Crippen LogP contribution in [0, 0.1) is 5.92 Å². The summed E-state index contributed by atoms with van der Waals surface area (Å²) in [6, 6.07) is 0. The summed E-state index contributed by atoms with van der Waals surface area (Å²) in [5.41, 5.74) is 0. The lowest BCUT2D eigenvalue weighted by Gasteiger charge is -2.21. The van der Waals surface area contributed by atoms with Crippen molar-refractivity contribution in [3.05, 3.63) is 0 Å². The molecule has 0 radical (unpaired) electrons. The van der Waals surface area contributed by atoms with E-state index in [4.69, 9.17) is 18.5 Å². The Labute approximate surface area is 133 Å². The zero-order valence-corrected chi connectivity index (χ0v) is 14.8. The van der Waals surface area contributed by atoms with E-state index in [0.717, 1.165) is 25.7 Å². The topological polar surface area (TPSA) is 74.4 Å². The second kappa shape index (κ2) is 10.4. The van der Waals surface area contributed by atoms with Crippen LogP contribution in [0.15, 0.2) is 0 Å². The van der Waals surface area contributed by atoms with Gasteiger partial charge in [-0.15, -0.1) is 0 Å². The van der Waals surface area contributed by atoms with Crippen LogP contribution in [0.1, 0.15) is 46.5 Å². The van der Waals surface area contributed by atoms with E-state index in [9.17, 15) is 9.36 Å². The first-order chi connectivity index (χ1) is 10.5. The van der Waals surface area contributed by atoms with Crippen LogP contribution in [0.2, 0.25) is 0 Å². The van der Waals surface area contributed by atoms with Gasteiger partial charge < -0.3 is 18.5 Å². The molecule has 0 saturated carbocycles. The number of epoxide rings is 1. The minimum absolute atomic E-state index is 0.0320.